The fraction of sp³-hybridized carbons (Fsp3) is 0.250. The maximum absolute atomic E-state index is 12.8. The molecule has 1 atom stereocenters. The molecule has 152 valence electrons. The highest BCUT2D eigenvalue weighted by Crippen LogP contribution is 2.33. The molecule has 2 aromatic rings. The fourth-order valence-corrected chi connectivity index (χ4v) is 3.52. The molecule has 1 aliphatic rings. The quantitative estimate of drug-likeness (QED) is 0.674. The van der Waals surface area contributed by atoms with Crippen LogP contribution >= 0.6 is 15.9 Å². The number of aromatic hydroxyl groups is 1. The number of esters is 1. The number of carbonyl (C=O) groups is 3. The van der Waals surface area contributed by atoms with E-state index in [2.05, 4.69) is 21.2 Å². The average Bonchev–Trinajstić information content (AvgIpc) is 2.72. The van der Waals surface area contributed by atoms with Gasteiger partial charge in [-0.05, 0) is 52.7 Å². The summed E-state index contributed by atoms with van der Waals surface area (Å²) in [6.07, 6.45) is -0.883. The van der Waals surface area contributed by atoms with Crippen LogP contribution in [0.15, 0.2) is 40.9 Å². The van der Waals surface area contributed by atoms with Gasteiger partial charge in [0.05, 0.1) is 16.7 Å². The number of amides is 2. The molecule has 1 heterocycles. The van der Waals surface area contributed by atoms with E-state index in [1.165, 1.54) is 18.0 Å². The second-order valence-electron chi connectivity index (χ2n) is 6.41. The van der Waals surface area contributed by atoms with Crippen molar-refractivity contribution in [2.75, 3.05) is 25.1 Å². The van der Waals surface area contributed by atoms with E-state index in [1.54, 1.807) is 37.3 Å². The summed E-state index contributed by atoms with van der Waals surface area (Å²) in [5.74, 6) is -1.60. The first-order chi connectivity index (χ1) is 13.8. The highest BCUT2D eigenvalue weighted by molar-refractivity contribution is 9.10. The lowest BCUT2D eigenvalue weighted by atomic mass is 10.1. The summed E-state index contributed by atoms with van der Waals surface area (Å²) in [7, 11) is 1.48. The molecule has 2 amide bonds. The van der Waals surface area contributed by atoms with Crippen LogP contribution in [0.2, 0.25) is 0 Å². The molecule has 0 aromatic heterocycles. The Morgan fingerprint density at radius 2 is 2.03 bits per heavy atom. The number of phenols is 1. The van der Waals surface area contributed by atoms with Crippen molar-refractivity contribution in [3.05, 3.63) is 52.0 Å². The highest BCUT2D eigenvalue weighted by Gasteiger charge is 2.33. The molecule has 3 rings (SSSR count). The third kappa shape index (κ3) is 4.34. The Kier molecular flexibility index (Phi) is 6.07. The van der Waals surface area contributed by atoms with Crippen molar-refractivity contribution < 1.29 is 29.0 Å². The van der Waals surface area contributed by atoms with Gasteiger partial charge in [-0.2, -0.15) is 0 Å². The van der Waals surface area contributed by atoms with Crippen LogP contribution in [-0.4, -0.2) is 49.2 Å². The number of anilines is 1. The molecule has 29 heavy (non-hydrogen) atoms. The third-order valence-corrected chi connectivity index (χ3v) is 4.97. The van der Waals surface area contributed by atoms with Crippen LogP contribution in [0.1, 0.15) is 15.9 Å². The summed E-state index contributed by atoms with van der Waals surface area (Å²) in [5.41, 5.74) is 1.17. The number of carbonyl (C=O) groups excluding carboxylic acids is 3. The normalized spacial score (nSPS) is 15.1. The third-order valence-electron chi connectivity index (χ3n) is 4.37. The maximum atomic E-state index is 12.8. The molecule has 9 heteroatoms. The summed E-state index contributed by atoms with van der Waals surface area (Å²) in [6, 6.07) is 9.92. The number of aryl methyl sites for hydroxylation is 1. The van der Waals surface area contributed by atoms with Crippen LogP contribution in [0, 0.1) is 6.92 Å². The minimum absolute atomic E-state index is 0.0195. The highest BCUT2D eigenvalue weighted by atomic mass is 79.9. The number of nitrogens with one attached hydrogen (secondary N) is 1. The Bertz CT molecular complexity index is 977. The van der Waals surface area contributed by atoms with Crippen molar-refractivity contribution in [3.63, 3.8) is 0 Å². The Morgan fingerprint density at radius 1 is 1.31 bits per heavy atom. The smallest absolute Gasteiger partial charge is 0.342 e. The van der Waals surface area contributed by atoms with Gasteiger partial charge in [-0.25, -0.2) is 4.79 Å². The first kappa shape index (κ1) is 20.7. The first-order valence-electron chi connectivity index (χ1n) is 8.75. The van der Waals surface area contributed by atoms with Crippen molar-refractivity contribution in [2.24, 2.45) is 0 Å². The van der Waals surface area contributed by atoms with Crippen LogP contribution in [0.25, 0.3) is 0 Å². The molecule has 2 N–H and O–H groups in total. The van der Waals surface area contributed by atoms with Gasteiger partial charge in [-0.1, -0.05) is 12.1 Å². The standard InChI is InChI=1S/C20H19BrN2O6/c1-11-7-12(18(25)13(21)8-11)20(27)28-10-17(24)23-9-16(19(26)22-2)29-15-6-4-3-5-14(15)23/h3-8,16,25H,9-10H2,1-2H3,(H,22,26). The number of benzene rings is 2. The molecule has 2 aromatic carbocycles. The van der Waals surface area contributed by atoms with E-state index in [4.69, 9.17) is 9.47 Å². The molecule has 0 bridgehead atoms. The predicted octanol–water partition coefficient (Wildman–Crippen LogP) is 2.16. The van der Waals surface area contributed by atoms with E-state index >= 15 is 0 Å². The van der Waals surface area contributed by atoms with Gasteiger partial charge in [0.1, 0.15) is 17.1 Å². The number of halogens is 1. The number of para-hydroxylation sites is 2. The van der Waals surface area contributed by atoms with Crippen molar-refractivity contribution in [2.45, 2.75) is 13.0 Å². The summed E-state index contributed by atoms with van der Waals surface area (Å²) in [6.45, 7) is 1.18. The second-order valence-corrected chi connectivity index (χ2v) is 7.27. The van der Waals surface area contributed by atoms with Crippen LogP contribution in [-0.2, 0) is 14.3 Å². The van der Waals surface area contributed by atoms with Crippen LogP contribution in [0.5, 0.6) is 11.5 Å². The van der Waals surface area contributed by atoms with E-state index in [1.807, 2.05) is 0 Å². The number of phenolic OH excluding ortho intramolecular Hbond substituents is 1. The molecule has 0 saturated carbocycles. The molecular formula is C20H19BrN2O6. The number of nitrogens with zero attached hydrogens (tertiary/aromatic N) is 1. The average molecular weight is 463 g/mol. The van der Waals surface area contributed by atoms with Crippen molar-refractivity contribution in [1.82, 2.24) is 5.32 Å². The Hall–Kier alpha value is -3.07. The zero-order valence-electron chi connectivity index (χ0n) is 15.8. The van der Waals surface area contributed by atoms with Crippen LogP contribution in [0.4, 0.5) is 5.69 Å². The van der Waals surface area contributed by atoms with Crippen molar-refractivity contribution in [3.8, 4) is 11.5 Å². The lowest BCUT2D eigenvalue weighted by molar-refractivity contribution is -0.128. The van der Waals surface area contributed by atoms with E-state index in [0.717, 1.165) is 5.56 Å². The topological polar surface area (TPSA) is 105 Å². The van der Waals surface area contributed by atoms with Crippen molar-refractivity contribution in [1.29, 1.82) is 0 Å². The van der Waals surface area contributed by atoms with E-state index in [0.29, 0.717) is 15.9 Å². The van der Waals surface area contributed by atoms with Gasteiger partial charge in [0.25, 0.3) is 11.8 Å². The van der Waals surface area contributed by atoms with Crippen LogP contribution < -0.4 is 15.0 Å². The Balaban J connectivity index is 1.76. The first-order valence-corrected chi connectivity index (χ1v) is 9.55. The molecular weight excluding hydrogens is 444 g/mol. The maximum Gasteiger partial charge on any atom is 0.342 e. The fourth-order valence-electron chi connectivity index (χ4n) is 2.94. The second kappa shape index (κ2) is 8.52. The minimum atomic E-state index is -0.883. The van der Waals surface area contributed by atoms with Crippen molar-refractivity contribution >= 4 is 39.4 Å². The number of likely N-dealkylation sites (N-methyl/N-ethyl adjacent to an activating group) is 1. The molecule has 1 aliphatic heterocycles. The summed E-state index contributed by atoms with van der Waals surface area (Å²) >= 11 is 3.17. The molecule has 0 radical (unpaired) electrons. The van der Waals surface area contributed by atoms with Gasteiger partial charge >= 0.3 is 5.97 Å². The van der Waals surface area contributed by atoms with Gasteiger partial charge in [0.15, 0.2) is 12.7 Å². The lowest BCUT2D eigenvalue weighted by Gasteiger charge is -2.33. The summed E-state index contributed by atoms with van der Waals surface area (Å²) in [5, 5.41) is 12.5. The van der Waals surface area contributed by atoms with Gasteiger partial charge in [-0.3, -0.25) is 9.59 Å². The zero-order chi connectivity index (χ0) is 21.1. The van der Waals surface area contributed by atoms with Gasteiger partial charge < -0.3 is 24.8 Å². The largest absolute Gasteiger partial charge is 0.506 e. The van der Waals surface area contributed by atoms with Gasteiger partial charge in [-0.15, -0.1) is 0 Å². The predicted molar refractivity (Wildman–Crippen MR) is 108 cm³/mol. The van der Waals surface area contributed by atoms with Crippen LogP contribution in [0.3, 0.4) is 0 Å². The summed E-state index contributed by atoms with van der Waals surface area (Å²) < 4.78 is 11.1. The molecule has 0 fully saturated rings. The number of hydrogen-bond donors (Lipinski definition) is 2. The summed E-state index contributed by atoms with van der Waals surface area (Å²) in [4.78, 5) is 38.5. The van der Waals surface area contributed by atoms with E-state index < -0.39 is 24.6 Å². The Labute approximate surface area is 175 Å². The minimum Gasteiger partial charge on any atom is -0.506 e. The van der Waals surface area contributed by atoms with E-state index in [9.17, 15) is 19.5 Å². The lowest BCUT2D eigenvalue weighted by Crippen LogP contribution is -2.51. The van der Waals surface area contributed by atoms with Gasteiger partial charge in [0, 0.05) is 7.05 Å². The molecule has 0 saturated heterocycles. The molecule has 0 aliphatic carbocycles. The monoisotopic (exact) mass is 462 g/mol. The molecule has 0 spiro atoms. The Morgan fingerprint density at radius 3 is 2.76 bits per heavy atom. The van der Waals surface area contributed by atoms with Gasteiger partial charge in [0.2, 0.25) is 0 Å². The molecule has 8 nitrogen and oxygen atoms in total. The number of rotatable bonds is 4. The zero-order valence-corrected chi connectivity index (χ0v) is 17.4. The number of fused-ring (bicyclic) bond motifs is 1. The SMILES string of the molecule is CNC(=O)C1CN(C(=O)COC(=O)c2cc(C)cc(Br)c2O)c2ccccc2O1. The molecule has 1 unspecified atom stereocenters. The number of ether oxygens (including phenoxy) is 2. The van der Waals surface area contributed by atoms with E-state index in [-0.39, 0.29) is 23.8 Å². The number of hydrogen-bond acceptors (Lipinski definition) is 6.